The van der Waals surface area contributed by atoms with E-state index >= 15 is 0 Å². The number of phenols is 2. The van der Waals surface area contributed by atoms with E-state index in [2.05, 4.69) is 4.98 Å². The fourth-order valence-electron chi connectivity index (χ4n) is 2.71. The number of aryl methyl sites for hydroxylation is 1. The molecule has 0 aliphatic rings. The Labute approximate surface area is 135 Å². The molecule has 0 fully saturated rings. The maximum absolute atomic E-state index is 14.0. The van der Waals surface area contributed by atoms with E-state index in [9.17, 15) is 19.4 Å². The number of phenolic OH excluding ortho intramolecular Hbond substituents is 2. The Morgan fingerprint density at radius 2 is 1.96 bits per heavy atom. The molecule has 3 N–H and O–H groups in total. The van der Waals surface area contributed by atoms with Gasteiger partial charge in [-0.15, -0.1) is 0 Å². The number of pyridine rings is 1. The lowest BCUT2D eigenvalue weighted by Crippen LogP contribution is -2.16. The predicted molar refractivity (Wildman–Crippen MR) is 86.9 cm³/mol. The van der Waals surface area contributed by atoms with Gasteiger partial charge in [0.25, 0.3) is 5.56 Å². The van der Waals surface area contributed by atoms with Crippen LogP contribution >= 0.6 is 11.6 Å². The molecule has 0 radical (unpaired) electrons. The molecule has 0 saturated carbocycles. The first-order valence-electron chi connectivity index (χ1n) is 6.89. The molecular weight excluding hydrogens is 321 g/mol. The van der Waals surface area contributed by atoms with Crippen LogP contribution in [0.25, 0.3) is 10.9 Å². The number of rotatable bonds is 2. The Morgan fingerprint density at radius 1 is 1.22 bits per heavy atom. The highest BCUT2D eigenvalue weighted by molar-refractivity contribution is 6.31. The maximum Gasteiger partial charge on any atom is 0.252 e. The minimum absolute atomic E-state index is 0.00291. The molecule has 3 aromatic rings. The van der Waals surface area contributed by atoms with Crippen LogP contribution in [0.4, 0.5) is 4.39 Å². The summed E-state index contributed by atoms with van der Waals surface area (Å²) in [6.45, 7) is 1.67. The van der Waals surface area contributed by atoms with Crippen LogP contribution in [0.5, 0.6) is 11.5 Å². The highest BCUT2D eigenvalue weighted by atomic mass is 35.5. The number of aromatic nitrogens is 1. The van der Waals surface area contributed by atoms with Crippen LogP contribution in [-0.4, -0.2) is 15.2 Å². The van der Waals surface area contributed by atoms with Gasteiger partial charge in [0.05, 0.1) is 5.52 Å². The normalized spacial score (nSPS) is 11.1. The van der Waals surface area contributed by atoms with Crippen molar-refractivity contribution in [3.8, 4) is 11.5 Å². The van der Waals surface area contributed by atoms with Gasteiger partial charge in [-0.05, 0) is 24.6 Å². The van der Waals surface area contributed by atoms with Gasteiger partial charge in [-0.1, -0.05) is 17.7 Å². The number of halogens is 2. The third kappa shape index (κ3) is 2.64. The molecule has 3 rings (SSSR count). The maximum atomic E-state index is 14.0. The van der Waals surface area contributed by atoms with Gasteiger partial charge < -0.3 is 15.2 Å². The van der Waals surface area contributed by atoms with E-state index in [1.807, 2.05) is 0 Å². The SMILES string of the molecule is Cc1c(Cc2c(F)cccc2Cl)c(=O)[nH]c2cc(O)cc(O)c12. The van der Waals surface area contributed by atoms with Gasteiger partial charge in [-0.3, -0.25) is 4.79 Å². The third-order valence-electron chi connectivity index (χ3n) is 3.87. The van der Waals surface area contributed by atoms with Crippen molar-refractivity contribution in [1.29, 1.82) is 0 Å². The molecule has 0 unspecified atom stereocenters. The fourth-order valence-corrected chi connectivity index (χ4v) is 2.94. The molecule has 0 spiro atoms. The van der Waals surface area contributed by atoms with Crippen molar-refractivity contribution in [1.82, 2.24) is 4.98 Å². The van der Waals surface area contributed by atoms with E-state index in [4.69, 9.17) is 11.6 Å². The molecule has 1 heterocycles. The highest BCUT2D eigenvalue weighted by Crippen LogP contribution is 2.32. The standard InChI is InChI=1S/C17H13ClFNO3/c1-8-10(7-11-12(18)3-2-4-13(11)19)17(23)20-14-5-9(21)6-15(22)16(8)14/h2-6,21-22H,7H2,1H3,(H,20,23). The van der Waals surface area contributed by atoms with Crippen molar-refractivity contribution >= 4 is 22.5 Å². The Hall–Kier alpha value is -2.53. The van der Waals surface area contributed by atoms with Crippen LogP contribution in [0.2, 0.25) is 5.02 Å². The van der Waals surface area contributed by atoms with Gasteiger partial charge in [0.1, 0.15) is 17.3 Å². The van der Waals surface area contributed by atoms with Crippen molar-refractivity contribution in [2.75, 3.05) is 0 Å². The molecule has 6 heteroatoms. The predicted octanol–water partition coefficient (Wildman–Crippen LogP) is 3.63. The molecule has 1 aromatic heterocycles. The van der Waals surface area contributed by atoms with Crippen molar-refractivity contribution in [2.45, 2.75) is 13.3 Å². The second-order valence-electron chi connectivity index (χ2n) is 5.32. The van der Waals surface area contributed by atoms with Crippen molar-refractivity contribution in [3.63, 3.8) is 0 Å². The van der Waals surface area contributed by atoms with Gasteiger partial charge in [0, 0.05) is 40.1 Å². The summed E-state index contributed by atoms with van der Waals surface area (Å²) in [5, 5.41) is 20.2. The van der Waals surface area contributed by atoms with Gasteiger partial charge >= 0.3 is 0 Å². The van der Waals surface area contributed by atoms with Crippen LogP contribution in [0.3, 0.4) is 0 Å². The van der Waals surface area contributed by atoms with Crippen LogP contribution in [-0.2, 0) is 6.42 Å². The third-order valence-corrected chi connectivity index (χ3v) is 4.22. The lowest BCUT2D eigenvalue weighted by molar-refractivity contribution is 0.455. The number of hydrogen-bond acceptors (Lipinski definition) is 3. The number of nitrogens with one attached hydrogen (secondary N) is 1. The number of aromatic hydroxyl groups is 2. The number of aromatic amines is 1. The van der Waals surface area contributed by atoms with Crippen LogP contribution in [0, 0.1) is 12.7 Å². The Morgan fingerprint density at radius 3 is 2.65 bits per heavy atom. The fraction of sp³-hybridized carbons (Fsp3) is 0.118. The number of benzene rings is 2. The van der Waals surface area contributed by atoms with E-state index < -0.39 is 11.4 Å². The molecule has 0 bridgehead atoms. The zero-order valence-corrected chi connectivity index (χ0v) is 12.9. The number of hydrogen-bond donors (Lipinski definition) is 3. The minimum atomic E-state index is -0.494. The quantitative estimate of drug-likeness (QED) is 0.670. The van der Waals surface area contributed by atoms with Crippen LogP contribution < -0.4 is 5.56 Å². The zero-order valence-electron chi connectivity index (χ0n) is 12.2. The summed E-state index contributed by atoms with van der Waals surface area (Å²) in [5.74, 6) is -0.809. The molecule has 118 valence electrons. The molecule has 0 aliphatic carbocycles. The topological polar surface area (TPSA) is 73.3 Å². The Kier molecular flexibility index (Phi) is 3.74. The van der Waals surface area contributed by atoms with Crippen LogP contribution in [0.15, 0.2) is 35.1 Å². The van der Waals surface area contributed by atoms with Gasteiger partial charge in [-0.2, -0.15) is 0 Å². The first-order chi connectivity index (χ1) is 10.9. The Balaban J connectivity index is 2.25. The summed E-state index contributed by atoms with van der Waals surface area (Å²) < 4.78 is 14.0. The second kappa shape index (κ2) is 5.59. The first kappa shape index (κ1) is 15.4. The largest absolute Gasteiger partial charge is 0.508 e. The van der Waals surface area contributed by atoms with Gasteiger partial charge in [0.15, 0.2) is 0 Å². The molecule has 0 atom stereocenters. The van der Waals surface area contributed by atoms with Crippen molar-refractivity contribution in [3.05, 3.63) is 68.2 Å². The number of H-pyrrole nitrogens is 1. The average Bonchev–Trinajstić information content (AvgIpc) is 2.44. The average molecular weight is 334 g/mol. The second-order valence-corrected chi connectivity index (χ2v) is 5.73. The molecule has 2 aromatic carbocycles. The molecule has 4 nitrogen and oxygen atoms in total. The number of fused-ring (bicyclic) bond motifs is 1. The molecular formula is C17H13ClFNO3. The smallest absolute Gasteiger partial charge is 0.252 e. The summed E-state index contributed by atoms with van der Waals surface area (Å²) >= 11 is 6.02. The molecule has 0 aliphatic heterocycles. The van der Waals surface area contributed by atoms with E-state index in [1.54, 1.807) is 13.0 Å². The summed E-state index contributed by atoms with van der Waals surface area (Å²) in [6, 6.07) is 6.87. The highest BCUT2D eigenvalue weighted by Gasteiger charge is 2.16. The first-order valence-corrected chi connectivity index (χ1v) is 7.26. The summed E-state index contributed by atoms with van der Waals surface area (Å²) in [6.07, 6.45) is 0.00291. The molecule has 0 saturated heterocycles. The molecule has 23 heavy (non-hydrogen) atoms. The van der Waals surface area contributed by atoms with E-state index in [-0.39, 0.29) is 28.5 Å². The summed E-state index contributed by atoms with van der Waals surface area (Å²) in [7, 11) is 0. The van der Waals surface area contributed by atoms with E-state index in [0.717, 1.165) is 0 Å². The zero-order chi connectivity index (χ0) is 16.7. The summed E-state index contributed by atoms with van der Waals surface area (Å²) in [5.41, 5.74) is 0.944. The molecule has 0 amide bonds. The monoisotopic (exact) mass is 333 g/mol. The van der Waals surface area contributed by atoms with Crippen molar-refractivity contribution in [2.24, 2.45) is 0 Å². The lowest BCUT2D eigenvalue weighted by Gasteiger charge is -2.12. The van der Waals surface area contributed by atoms with Gasteiger partial charge in [-0.25, -0.2) is 4.39 Å². The van der Waals surface area contributed by atoms with Crippen LogP contribution in [0.1, 0.15) is 16.7 Å². The lowest BCUT2D eigenvalue weighted by atomic mass is 9.98. The minimum Gasteiger partial charge on any atom is -0.508 e. The van der Waals surface area contributed by atoms with Crippen molar-refractivity contribution < 1.29 is 14.6 Å². The van der Waals surface area contributed by atoms with E-state index in [1.165, 1.54) is 24.3 Å². The summed E-state index contributed by atoms with van der Waals surface area (Å²) in [4.78, 5) is 14.9. The van der Waals surface area contributed by atoms with Gasteiger partial charge in [0.2, 0.25) is 0 Å². The Bertz CT molecular complexity index is 961. The van der Waals surface area contributed by atoms with E-state index in [0.29, 0.717) is 22.0 Å².